The van der Waals surface area contributed by atoms with Crippen LogP contribution in [0.25, 0.3) is 0 Å². The summed E-state index contributed by atoms with van der Waals surface area (Å²) >= 11 is 0. The maximum Gasteiger partial charge on any atom is 0.353 e. The Kier molecular flexibility index (Phi) is 6.48. The largest absolute Gasteiger partial charge is 0.497 e. The van der Waals surface area contributed by atoms with Crippen LogP contribution in [0.2, 0.25) is 0 Å². The second-order valence-electron chi connectivity index (χ2n) is 3.72. The zero-order valence-corrected chi connectivity index (χ0v) is 12.4. The van der Waals surface area contributed by atoms with Gasteiger partial charge in [-0.25, -0.2) is 5.43 Å². The molecule has 0 aromatic heterocycles. The third kappa shape index (κ3) is 4.03. The van der Waals surface area contributed by atoms with E-state index < -0.39 is 13.4 Å². The van der Waals surface area contributed by atoms with Crippen LogP contribution in [0.3, 0.4) is 0 Å². The number of nitrogens with one attached hydrogen (secondary N) is 1. The summed E-state index contributed by atoms with van der Waals surface area (Å²) in [5, 5.41) is 0. The van der Waals surface area contributed by atoms with E-state index in [-0.39, 0.29) is 13.2 Å². The van der Waals surface area contributed by atoms with Gasteiger partial charge in [0.2, 0.25) is 0 Å². The summed E-state index contributed by atoms with van der Waals surface area (Å²) in [6.07, 6.45) is 0. The zero-order chi connectivity index (χ0) is 14.3. The summed E-state index contributed by atoms with van der Waals surface area (Å²) < 4.78 is 28.3. The zero-order valence-electron chi connectivity index (χ0n) is 11.5. The number of methoxy groups -OCH3 is 1. The first-order chi connectivity index (χ1) is 9.11. The molecular weight excluding hydrogens is 267 g/mol. The molecule has 0 fully saturated rings. The second kappa shape index (κ2) is 7.62. The van der Waals surface area contributed by atoms with Gasteiger partial charge >= 0.3 is 7.60 Å². The number of nitrogens with two attached hydrogens (primary N) is 1. The van der Waals surface area contributed by atoms with Crippen molar-refractivity contribution in [2.45, 2.75) is 19.6 Å². The molecule has 1 unspecified atom stereocenters. The summed E-state index contributed by atoms with van der Waals surface area (Å²) in [6.45, 7) is 4.08. The van der Waals surface area contributed by atoms with Crippen LogP contribution >= 0.6 is 7.60 Å². The molecule has 19 heavy (non-hydrogen) atoms. The Labute approximate surface area is 113 Å². The van der Waals surface area contributed by atoms with E-state index in [9.17, 15) is 4.57 Å². The van der Waals surface area contributed by atoms with Gasteiger partial charge in [0.1, 0.15) is 11.5 Å². The molecule has 108 valence electrons. The van der Waals surface area contributed by atoms with Gasteiger partial charge in [-0.05, 0) is 31.5 Å². The van der Waals surface area contributed by atoms with Crippen LogP contribution in [0, 0.1) is 0 Å². The first kappa shape index (κ1) is 16.1. The molecule has 7 heteroatoms. The minimum atomic E-state index is -3.35. The molecule has 0 bridgehead atoms. The fourth-order valence-corrected chi connectivity index (χ4v) is 3.51. The molecule has 6 nitrogen and oxygen atoms in total. The van der Waals surface area contributed by atoms with E-state index in [2.05, 4.69) is 5.43 Å². The lowest BCUT2D eigenvalue weighted by atomic mass is 10.2. The standard InChI is InChI=1S/C12H21N2O4P/c1-4-17-19(15,18-5-2)12(14-13)10-6-8-11(16-3)9-7-10/h6-9,12,14H,4-5,13H2,1-3H3. The highest BCUT2D eigenvalue weighted by Crippen LogP contribution is 2.59. The van der Waals surface area contributed by atoms with E-state index in [4.69, 9.17) is 19.6 Å². The predicted molar refractivity (Wildman–Crippen MR) is 73.9 cm³/mol. The van der Waals surface area contributed by atoms with Crippen molar-refractivity contribution in [1.82, 2.24) is 5.43 Å². The van der Waals surface area contributed by atoms with Crippen LogP contribution < -0.4 is 16.0 Å². The number of rotatable bonds is 8. The molecule has 0 saturated heterocycles. The molecule has 0 saturated carbocycles. The van der Waals surface area contributed by atoms with Crippen molar-refractivity contribution in [2.75, 3.05) is 20.3 Å². The van der Waals surface area contributed by atoms with Crippen LogP contribution in [0.4, 0.5) is 0 Å². The lowest BCUT2D eigenvalue weighted by molar-refractivity contribution is 0.207. The van der Waals surface area contributed by atoms with Gasteiger partial charge < -0.3 is 13.8 Å². The fourth-order valence-electron chi connectivity index (χ4n) is 1.70. The van der Waals surface area contributed by atoms with Crippen LogP contribution in [0.5, 0.6) is 5.75 Å². The van der Waals surface area contributed by atoms with Crippen LogP contribution in [0.15, 0.2) is 24.3 Å². The van der Waals surface area contributed by atoms with E-state index in [1.165, 1.54) is 0 Å². The van der Waals surface area contributed by atoms with Crippen LogP contribution in [-0.2, 0) is 13.6 Å². The minimum Gasteiger partial charge on any atom is -0.497 e. The first-order valence-electron chi connectivity index (χ1n) is 6.10. The Morgan fingerprint density at radius 2 is 1.74 bits per heavy atom. The van der Waals surface area contributed by atoms with Crippen molar-refractivity contribution in [1.29, 1.82) is 0 Å². The highest BCUT2D eigenvalue weighted by atomic mass is 31.2. The van der Waals surface area contributed by atoms with E-state index in [1.54, 1.807) is 45.2 Å². The smallest absolute Gasteiger partial charge is 0.353 e. The molecule has 1 rings (SSSR count). The molecule has 0 aliphatic carbocycles. The fraction of sp³-hybridized carbons (Fsp3) is 0.500. The number of ether oxygens (including phenoxy) is 1. The third-order valence-electron chi connectivity index (χ3n) is 2.52. The van der Waals surface area contributed by atoms with Crippen LogP contribution in [0.1, 0.15) is 25.2 Å². The SMILES string of the molecule is CCOP(=O)(OCC)C(NN)c1ccc(OC)cc1. The Bertz CT molecular complexity index is 414. The summed E-state index contributed by atoms with van der Waals surface area (Å²) in [7, 11) is -1.77. The van der Waals surface area contributed by atoms with Gasteiger partial charge in [-0.2, -0.15) is 0 Å². The summed E-state index contributed by atoms with van der Waals surface area (Å²) in [4.78, 5) is 0. The quantitative estimate of drug-likeness (QED) is 0.434. The van der Waals surface area contributed by atoms with Crippen molar-refractivity contribution in [3.63, 3.8) is 0 Å². The van der Waals surface area contributed by atoms with Gasteiger partial charge in [-0.15, -0.1) is 0 Å². The van der Waals surface area contributed by atoms with Gasteiger partial charge in [0.25, 0.3) is 0 Å². The average molecular weight is 288 g/mol. The number of benzene rings is 1. The topological polar surface area (TPSA) is 82.8 Å². The third-order valence-corrected chi connectivity index (χ3v) is 4.84. The molecule has 1 aromatic carbocycles. The highest BCUT2D eigenvalue weighted by molar-refractivity contribution is 7.54. The molecule has 0 heterocycles. The van der Waals surface area contributed by atoms with E-state index in [0.29, 0.717) is 11.3 Å². The van der Waals surface area contributed by atoms with Gasteiger partial charge in [0.15, 0.2) is 0 Å². The van der Waals surface area contributed by atoms with Crippen molar-refractivity contribution >= 4 is 7.60 Å². The van der Waals surface area contributed by atoms with Gasteiger partial charge in [0.05, 0.1) is 20.3 Å². The molecule has 0 spiro atoms. The molecule has 3 N–H and O–H groups in total. The maximum atomic E-state index is 12.7. The number of hydrogen-bond donors (Lipinski definition) is 2. The second-order valence-corrected chi connectivity index (χ2v) is 5.83. The van der Waals surface area contributed by atoms with Crippen LogP contribution in [-0.4, -0.2) is 20.3 Å². The van der Waals surface area contributed by atoms with Crippen molar-refractivity contribution < 1.29 is 18.3 Å². The summed E-state index contributed by atoms with van der Waals surface area (Å²) in [5.41, 5.74) is 3.23. The van der Waals surface area contributed by atoms with E-state index in [1.807, 2.05) is 0 Å². The maximum absolute atomic E-state index is 12.7. The summed E-state index contributed by atoms with van der Waals surface area (Å²) in [6, 6.07) is 7.08. The Morgan fingerprint density at radius 1 is 1.21 bits per heavy atom. The number of hydrogen-bond acceptors (Lipinski definition) is 6. The van der Waals surface area contributed by atoms with Crippen molar-refractivity contribution in [3.8, 4) is 5.75 Å². The molecule has 0 radical (unpaired) electrons. The Morgan fingerprint density at radius 3 is 2.11 bits per heavy atom. The van der Waals surface area contributed by atoms with Crippen molar-refractivity contribution in [3.05, 3.63) is 29.8 Å². The average Bonchev–Trinajstić information content (AvgIpc) is 2.40. The molecule has 0 amide bonds. The molecule has 0 aliphatic rings. The van der Waals surface area contributed by atoms with E-state index >= 15 is 0 Å². The monoisotopic (exact) mass is 288 g/mol. The minimum absolute atomic E-state index is 0.283. The number of hydrazine groups is 1. The van der Waals surface area contributed by atoms with Gasteiger partial charge in [0, 0.05) is 0 Å². The molecule has 0 aliphatic heterocycles. The molecular formula is C12H21N2O4P. The lowest BCUT2D eigenvalue weighted by Gasteiger charge is -2.25. The molecule has 1 aromatic rings. The summed E-state index contributed by atoms with van der Waals surface area (Å²) in [5.74, 6) is 5.51. The first-order valence-corrected chi connectivity index (χ1v) is 7.71. The Balaban J connectivity index is 3.04. The Hall–Kier alpha value is -0.910. The lowest BCUT2D eigenvalue weighted by Crippen LogP contribution is -2.29. The molecule has 1 atom stereocenters. The van der Waals surface area contributed by atoms with Crippen molar-refractivity contribution in [2.24, 2.45) is 5.84 Å². The predicted octanol–water partition coefficient (Wildman–Crippen LogP) is 2.42. The van der Waals surface area contributed by atoms with Gasteiger partial charge in [-0.1, -0.05) is 12.1 Å². The normalized spacial score (nSPS) is 13.3. The van der Waals surface area contributed by atoms with E-state index in [0.717, 1.165) is 0 Å². The highest BCUT2D eigenvalue weighted by Gasteiger charge is 2.36. The van der Waals surface area contributed by atoms with Gasteiger partial charge in [-0.3, -0.25) is 10.4 Å².